The number of halogens is 4. The van der Waals surface area contributed by atoms with Gasteiger partial charge in [0.25, 0.3) is 0 Å². The van der Waals surface area contributed by atoms with Crippen molar-refractivity contribution in [2.45, 2.75) is 83.7 Å². The molecule has 8 heteroatoms. The van der Waals surface area contributed by atoms with Crippen LogP contribution in [0.2, 0.25) is 10.0 Å². The molecule has 2 fully saturated rings. The van der Waals surface area contributed by atoms with Gasteiger partial charge in [0.1, 0.15) is 0 Å². The van der Waals surface area contributed by atoms with E-state index in [9.17, 15) is 4.21 Å². The van der Waals surface area contributed by atoms with Gasteiger partial charge in [-0.05, 0) is 61.1 Å². The third kappa shape index (κ3) is 4.63. The van der Waals surface area contributed by atoms with E-state index in [0.717, 1.165) is 62.5 Å². The molecule has 0 amide bonds. The summed E-state index contributed by atoms with van der Waals surface area (Å²) in [7, 11) is -1.59. The molecule has 4 N–H and O–H groups in total. The fourth-order valence-corrected chi connectivity index (χ4v) is 7.86. The molecule has 0 bridgehead atoms. The molecule has 0 radical (unpaired) electrons. The topological polar surface area (TPSA) is 69.1 Å². The molecule has 0 heterocycles. The second-order valence-electron chi connectivity index (χ2n) is 8.83. The maximum Gasteiger partial charge on any atom is 0.0891 e. The number of benzene rings is 2. The van der Waals surface area contributed by atoms with Crippen molar-refractivity contribution in [1.29, 1.82) is 0 Å². The summed E-state index contributed by atoms with van der Waals surface area (Å²) in [5, 5.41) is 1.06. The second-order valence-corrected chi connectivity index (χ2v) is 12.2. The summed E-state index contributed by atoms with van der Waals surface area (Å²) in [6.07, 6.45) is 8.02. The van der Waals surface area contributed by atoms with E-state index in [0.29, 0.717) is 31.2 Å². The number of rotatable bonds is 4. The quantitative estimate of drug-likeness (QED) is 0.310. The van der Waals surface area contributed by atoms with Gasteiger partial charge in [-0.2, -0.15) is 0 Å². The Balaban J connectivity index is 1.75. The summed E-state index contributed by atoms with van der Waals surface area (Å²) in [4.78, 5) is 1.01. The minimum atomic E-state index is -1.59. The monoisotopic (exact) mass is 532 g/mol. The summed E-state index contributed by atoms with van der Waals surface area (Å²) in [5.74, 6) is 0.0967. The zero-order valence-corrected chi connectivity index (χ0v) is 21.6. The van der Waals surface area contributed by atoms with Crippen LogP contribution in [0.1, 0.15) is 74.3 Å². The first-order chi connectivity index (χ1) is 15.3. The summed E-state index contributed by atoms with van der Waals surface area (Å²) < 4.78 is 13.7. The Hall–Kier alpha value is -0.650. The van der Waals surface area contributed by atoms with Crippen LogP contribution in [-0.4, -0.2) is 15.0 Å². The fourth-order valence-electron chi connectivity index (χ4n) is 5.20. The van der Waals surface area contributed by atoms with Crippen LogP contribution in [0.4, 0.5) is 11.4 Å². The van der Waals surface area contributed by atoms with Gasteiger partial charge in [-0.3, -0.25) is 0 Å². The molecule has 3 nitrogen and oxygen atoms in total. The smallest absolute Gasteiger partial charge is 0.0891 e. The zero-order valence-electron chi connectivity index (χ0n) is 17.8. The number of alkyl halides is 2. The highest BCUT2D eigenvalue weighted by molar-refractivity contribution is 7.85. The normalized spacial score (nSPS) is 27.2. The fraction of sp³-hybridized carbons (Fsp3) is 0.500. The number of anilines is 2. The highest BCUT2D eigenvalue weighted by Gasteiger charge is 2.32. The maximum atomic E-state index is 13.7. The van der Waals surface area contributed by atoms with E-state index in [1.165, 1.54) is 0 Å². The summed E-state index contributed by atoms with van der Waals surface area (Å²) in [6, 6.07) is 6.98. The van der Waals surface area contributed by atoms with Crippen LogP contribution < -0.4 is 11.5 Å². The molecule has 4 rings (SSSR count). The van der Waals surface area contributed by atoms with Crippen molar-refractivity contribution < 1.29 is 4.21 Å². The van der Waals surface area contributed by atoms with Crippen LogP contribution in [0.25, 0.3) is 0 Å². The number of hydrogen-bond donors (Lipinski definition) is 2. The van der Waals surface area contributed by atoms with Crippen molar-refractivity contribution in [3.63, 3.8) is 0 Å². The average Bonchev–Trinajstić information content (AvgIpc) is 2.76. The summed E-state index contributed by atoms with van der Waals surface area (Å²) in [5.41, 5.74) is 15.6. The molecule has 32 heavy (non-hydrogen) atoms. The van der Waals surface area contributed by atoms with Crippen molar-refractivity contribution in [2.24, 2.45) is 0 Å². The summed E-state index contributed by atoms with van der Waals surface area (Å²) >= 11 is 26.4. The van der Waals surface area contributed by atoms with Crippen LogP contribution in [0.5, 0.6) is 0 Å². The molecule has 2 aliphatic carbocycles. The molecule has 4 atom stereocenters. The van der Waals surface area contributed by atoms with Gasteiger partial charge in [-0.1, -0.05) is 48.9 Å². The van der Waals surface area contributed by atoms with E-state index in [1.807, 2.05) is 0 Å². The van der Waals surface area contributed by atoms with Gasteiger partial charge in [-0.25, -0.2) is 4.21 Å². The van der Waals surface area contributed by atoms with Gasteiger partial charge in [0.2, 0.25) is 0 Å². The predicted octanol–water partition coefficient (Wildman–Crippen LogP) is 7.85. The largest absolute Gasteiger partial charge is 0.397 e. The van der Waals surface area contributed by atoms with Crippen LogP contribution in [-0.2, 0) is 10.8 Å². The predicted molar refractivity (Wildman–Crippen MR) is 138 cm³/mol. The van der Waals surface area contributed by atoms with Crippen molar-refractivity contribution in [3.8, 4) is 0 Å². The third-order valence-electron chi connectivity index (χ3n) is 6.89. The second kappa shape index (κ2) is 10.3. The van der Waals surface area contributed by atoms with Gasteiger partial charge < -0.3 is 11.5 Å². The Morgan fingerprint density at radius 2 is 1.06 bits per heavy atom. The molecule has 0 aromatic heterocycles. The molecule has 4 unspecified atom stereocenters. The lowest BCUT2D eigenvalue weighted by atomic mass is 9.83. The molecule has 2 saturated carbocycles. The number of hydrogen-bond acceptors (Lipinski definition) is 3. The highest BCUT2D eigenvalue weighted by Crippen LogP contribution is 2.46. The molecule has 2 aliphatic rings. The average molecular weight is 534 g/mol. The van der Waals surface area contributed by atoms with E-state index < -0.39 is 10.8 Å². The first kappa shape index (κ1) is 24.5. The molecular weight excluding hydrogens is 506 g/mol. The maximum absolute atomic E-state index is 13.7. The first-order valence-corrected chi connectivity index (χ1v) is 13.9. The lowest BCUT2D eigenvalue weighted by molar-refractivity contribution is 0.451. The Labute approximate surface area is 212 Å². The highest BCUT2D eigenvalue weighted by atomic mass is 35.5. The van der Waals surface area contributed by atoms with Gasteiger partial charge in [0, 0.05) is 32.6 Å². The zero-order chi connectivity index (χ0) is 23.0. The van der Waals surface area contributed by atoms with Crippen LogP contribution in [0, 0.1) is 0 Å². The van der Waals surface area contributed by atoms with E-state index >= 15 is 0 Å². The molecule has 2 aromatic carbocycles. The van der Waals surface area contributed by atoms with Crippen LogP contribution in [0.15, 0.2) is 34.1 Å². The van der Waals surface area contributed by atoms with Gasteiger partial charge in [-0.15, -0.1) is 23.2 Å². The first-order valence-electron chi connectivity index (χ1n) is 11.2. The summed E-state index contributed by atoms with van der Waals surface area (Å²) in [6.45, 7) is 0. The lowest BCUT2D eigenvalue weighted by Gasteiger charge is -2.30. The van der Waals surface area contributed by atoms with E-state index in [1.54, 1.807) is 24.3 Å². The number of nitrogen functional groups attached to an aromatic ring is 2. The minimum Gasteiger partial charge on any atom is -0.397 e. The molecule has 174 valence electrons. The van der Waals surface area contributed by atoms with Crippen molar-refractivity contribution >= 4 is 68.6 Å². The molecule has 0 saturated heterocycles. The molecular formula is C24H28Cl4N2OS. The van der Waals surface area contributed by atoms with E-state index in [2.05, 4.69) is 0 Å². The van der Waals surface area contributed by atoms with Crippen LogP contribution >= 0.6 is 46.4 Å². The van der Waals surface area contributed by atoms with Gasteiger partial charge in [0.15, 0.2) is 0 Å². The minimum absolute atomic E-state index is 0.0357. The Morgan fingerprint density at radius 1 is 0.688 bits per heavy atom. The SMILES string of the molecule is Nc1c(S(=O)c2ccc(Cl)c(C3CCCCC3Cl)c2N)ccc(Cl)c1C1CCCCC1Cl. The number of nitrogens with two attached hydrogens (primary N) is 2. The van der Waals surface area contributed by atoms with Gasteiger partial charge in [0.05, 0.1) is 32.0 Å². The molecule has 2 aromatic rings. The Morgan fingerprint density at radius 3 is 1.44 bits per heavy atom. The molecule has 0 spiro atoms. The third-order valence-corrected chi connectivity index (χ3v) is 10.1. The van der Waals surface area contributed by atoms with Gasteiger partial charge >= 0.3 is 0 Å². The van der Waals surface area contributed by atoms with E-state index in [4.69, 9.17) is 57.9 Å². The van der Waals surface area contributed by atoms with Crippen LogP contribution in [0.3, 0.4) is 0 Å². The van der Waals surface area contributed by atoms with Crippen molar-refractivity contribution in [2.75, 3.05) is 11.5 Å². The lowest BCUT2D eigenvalue weighted by Crippen LogP contribution is -2.21. The Kier molecular flexibility index (Phi) is 7.89. The van der Waals surface area contributed by atoms with E-state index in [-0.39, 0.29) is 22.6 Å². The molecule has 0 aliphatic heterocycles. The van der Waals surface area contributed by atoms with Crippen molar-refractivity contribution in [3.05, 3.63) is 45.4 Å². The Bertz CT molecular complexity index is 952. The van der Waals surface area contributed by atoms with Crippen molar-refractivity contribution in [1.82, 2.24) is 0 Å². The standard InChI is InChI=1S/C24H28Cl4N2OS/c25-15-7-3-1-5-13(15)21-17(27)9-11-19(23(21)29)32(31)20-12-10-18(28)22(24(20)30)14-6-2-4-8-16(14)26/h9-16H,1-8,29-30H2.